The maximum absolute atomic E-state index is 2.57. The number of hydrogen-bond donors (Lipinski definition) is 0. The molecule has 0 aromatic rings. The largest absolute Gasteiger partial charge is 0.0651 e. The molecular formula is C57H112. The predicted octanol–water partition coefficient (Wildman–Crippen LogP) is 19.1. The van der Waals surface area contributed by atoms with Crippen LogP contribution in [0.3, 0.4) is 0 Å². The van der Waals surface area contributed by atoms with E-state index >= 15 is 0 Å². The lowest BCUT2D eigenvalue weighted by Gasteiger charge is -2.51. The topological polar surface area (TPSA) is 0 Å². The summed E-state index contributed by atoms with van der Waals surface area (Å²) in [7, 11) is 0. The second-order valence-electron chi connectivity index (χ2n) is 25.4. The van der Waals surface area contributed by atoms with Crippen molar-refractivity contribution >= 4 is 0 Å². The van der Waals surface area contributed by atoms with Crippen LogP contribution in [0.1, 0.15) is 247 Å². The third kappa shape index (κ3) is 20.2. The van der Waals surface area contributed by atoms with Crippen LogP contribution in [-0.2, 0) is 0 Å². The van der Waals surface area contributed by atoms with Gasteiger partial charge in [-0.3, -0.25) is 0 Å². The Morgan fingerprint density at radius 2 is 0.544 bits per heavy atom. The van der Waals surface area contributed by atoms with E-state index in [4.69, 9.17) is 0 Å². The van der Waals surface area contributed by atoms with E-state index in [9.17, 15) is 0 Å². The molecule has 0 aromatic carbocycles. The minimum Gasteiger partial charge on any atom is -0.0651 e. The first kappa shape index (κ1) is 53.1. The molecule has 0 bridgehead atoms. The monoisotopic (exact) mass is 797 g/mol. The molecule has 340 valence electrons. The van der Waals surface area contributed by atoms with Gasteiger partial charge in [0.15, 0.2) is 0 Å². The highest BCUT2D eigenvalue weighted by molar-refractivity contribution is 4.97. The normalized spacial score (nSPS) is 23.6. The van der Waals surface area contributed by atoms with Gasteiger partial charge in [0, 0.05) is 0 Å². The van der Waals surface area contributed by atoms with Crippen molar-refractivity contribution in [1.29, 1.82) is 0 Å². The highest BCUT2D eigenvalue weighted by Crippen LogP contribution is 2.56. The molecule has 2 aliphatic carbocycles. The van der Waals surface area contributed by atoms with Gasteiger partial charge < -0.3 is 0 Å². The first-order valence-corrected chi connectivity index (χ1v) is 26.7. The molecule has 0 N–H and O–H groups in total. The Morgan fingerprint density at radius 3 is 0.807 bits per heavy atom. The predicted molar refractivity (Wildman–Crippen MR) is 260 cm³/mol. The van der Waals surface area contributed by atoms with E-state index in [0.29, 0.717) is 0 Å². The van der Waals surface area contributed by atoms with Gasteiger partial charge in [-0.15, -0.1) is 0 Å². The molecule has 0 nitrogen and oxygen atoms in total. The Kier molecular flexibility index (Phi) is 25.3. The van der Waals surface area contributed by atoms with Crippen LogP contribution >= 0.6 is 0 Å². The van der Waals surface area contributed by atoms with Gasteiger partial charge >= 0.3 is 0 Å². The Balaban J connectivity index is 2.49. The average molecular weight is 798 g/mol. The second-order valence-corrected chi connectivity index (χ2v) is 25.4. The molecule has 6 unspecified atom stereocenters. The van der Waals surface area contributed by atoms with Crippen LogP contribution in [0, 0.1) is 118 Å². The number of hydrogen-bond acceptors (Lipinski definition) is 0. The zero-order valence-electron chi connectivity index (χ0n) is 43.0. The summed E-state index contributed by atoms with van der Waals surface area (Å²) >= 11 is 0. The first-order valence-electron chi connectivity index (χ1n) is 26.7. The molecule has 2 rings (SSSR count). The molecule has 0 saturated heterocycles. The van der Waals surface area contributed by atoms with Crippen LogP contribution in [0.2, 0.25) is 0 Å². The summed E-state index contributed by atoms with van der Waals surface area (Å²) in [6.45, 7) is 45.2. The molecule has 0 amide bonds. The maximum atomic E-state index is 2.57. The minimum atomic E-state index is 0.814. The second kappa shape index (κ2) is 27.1. The van der Waals surface area contributed by atoms with Crippen LogP contribution in [-0.4, -0.2) is 0 Å². The zero-order valence-corrected chi connectivity index (χ0v) is 43.0. The van der Waals surface area contributed by atoms with Gasteiger partial charge in [-0.1, -0.05) is 137 Å². The molecule has 0 heteroatoms. The van der Waals surface area contributed by atoms with E-state index in [0.717, 1.165) is 118 Å². The molecular weight excluding hydrogens is 685 g/mol. The van der Waals surface area contributed by atoms with Crippen molar-refractivity contribution < 1.29 is 0 Å². The summed E-state index contributed by atoms with van der Waals surface area (Å²) in [5, 5.41) is 0. The lowest BCUT2D eigenvalue weighted by atomic mass is 9.54. The first-order chi connectivity index (χ1) is 26.7. The summed E-state index contributed by atoms with van der Waals surface area (Å²) in [4.78, 5) is 0. The van der Waals surface area contributed by atoms with Crippen LogP contribution in [0.4, 0.5) is 0 Å². The Morgan fingerprint density at radius 1 is 0.298 bits per heavy atom. The van der Waals surface area contributed by atoms with E-state index in [1.165, 1.54) is 103 Å². The fourth-order valence-electron chi connectivity index (χ4n) is 14.6. The molecule has 2 fully saturated rings. The summed E-state index contributed by atoms with van der Waals surface area (Å²) < 4.78 is 0. The zero-order chi connectivity index (χ0) is 43.0. The number of rotatable bonds is 31. The van der Waals surface area contributed by atoms with E-state index in [1.54, 1.807) is 19.3 Å². The third-order valence-electron chi connectivity index (χ3n) is 15.7. The van der Waals surface area contributed by atoms with Crippen LogP contribution in [0.5, 0.6) is 0 Å². The highest BCUT2D eigenvalue weighted by Gasteiger charge is 2.47. The molecule has 0 aromatic heterocycles. The molecule has 0 heterocycles. The fourth-order valence-corrected chi connectivity index (χ4v) is 14.6. The SMILES string of the molecule is CCC1CCC(CCC2CC(CC)C2C(CC(CC(C)C)CC(C)C)CC(CC(C)C)CC(C)C)C1C(CC(CC(C)C)CC(C)C)CC(CC(C)C)CC(C)C. The summed E-state index contributed by atoms with van der Waals surface area (Å²) in [5.74, 6) is 17.9. The molecule has 2 aliphatic rings. The van der Waals surface area contributed by atoms with Crippen LogP contribution in [0.25, 0.3) is 0 Å². The summed E-state index contributed by atoms with van der Waals surface area (Å²) in [6.07, 6.45) is 28.1. The van der Waals surface area contributed by atoms with Crippen molar-refractivity contribution in [3.63, 3.8) is 0 Å². The summed E-state index contributed by atoms with van der Waals surface area (Å²) in [6, 6.07) is 0. The summed E-state index contributed by atoms with van der Waals surface area (Å²) in [5.41, 5.74) is 0. The van der Waals surface area contributed by atoms with Crippen molar-refractivity contribution in [2.24, 2.45) is 118 Å². The Hall–Kier alpha value is 0. The Labute approximate surface area is 363 Å². The lowest BCUT2D eigenvalue weighted by molar-refractivity contribution is -0.0187. The van der Waals surface area contributed by atoms with Crippen molar-refractivity contribution in [1.82, 2.24) is 0 Å². The van der Waals surface area contributed by atoms with Gasteiger partial charge in [0.1, 0.15) is 0 Å². The molecule has 0 spiro atoms. The van der Waals surface area contributed by atoms with Crippen molar-refractivity contribution in [3.8, 4) is 0 Å². The van der Waals surface area contributed by atoms with Gasteiger partial charge in [0.2, 0.25) is 0 Å². The van der Waals surface area contributed by atoms with E-state index in [2.05, 4.69) is 125 Å². The Bertz CT molecular complexity index is 888. The van der Waals surface area contributed by atoms with Gasteiger partial charge in [-0.2, -0.15) is 0 Å². The smallest absolute Gasteiger partial charge is 0.0329 e. The van der Waals surface area contributed by atoms with E-state index in [-0.39, 0.29) is 0 Å². The van der Waals surface area contributed by atoms with Gasteiger partial charge in [-0.05, 0) is 228 Å². The quantitative estimate of drug-likeness (QED) is 0.0655. The van der Waals surface area contributed by atoms with Crippen molar-refractivity contribution in [2.45, 2.75) is 247 Å². The molecule has 0 radical (unpaired) electrons. The average Bonchev–Trinajstić information content (AvgIpc) is 3.44. The van der Waals surface area contributed by atoms with Gasteiger partial charge in [-0.25, -0.2) is 0 Å². The van der Waals surface area contributed by atoms with E-state index in [1.807, 2.05) is 0 Å². The van der Waals surface area contributed by atoms with E-state index < -0.39 is 0 Å². The van der Waals surface area contributed by atoms with Crippen LogP contribution in [0.15, 0.2) is 0 Å². The standard InChI is InChI=1S/C57H112/c1-19-50-21-22-52(56(50)54(33-46(25-38(3)4)26-39(5)6)34-47(27-40(7)8)28-41(9)10)23-24-53-37-51(20-2)57(53)55(35-48(29-42(11)12)30-43(13)14)36-49(31-44(15)16)32-45(17)18/h38-57H,19-37H2,1-18H3. The molecule has 2 saturated carbocycles. The lowest BCUT2D eigenvalue weighted by Crippen LogP contribution is -2.43. The maximum Gasteiger partial charge on any atom is -0.0329 e. The van der Waals surface area contributed by atoms with Crippen LogP contribution < -0.4 is 0 Å². The third-order valence-corrected chi connectivity index (χ3v) is 15.7. The minimum absolute atomic E-state index is 0.814. The molecule has 57 heavy (non-hydrogen) atoms. The highest BCUT2D eigenvalue weighted by atomic mass is 14.5. The van der Waals surface area contributed by atoms with Crippen molar-refractivity contribution in [2.75, 3.05) is 0 Å². The fraction of sp³-hybridized carbons (Fsp3) is 1.00. The molecule has 0 aliphatic heterocycles. The van der Waals surface area contributed by atoms with Gasteiger partial charge in [0.25, 0.3) is 0 Å². The van der Waals surface area contributed by atoms with Gasteiger partial charge in [0.05, 0.1) is 0 Å². The molecule has 6 atom stereocenters. The van der Waals surface area contributed by atoms with Crippen molar-refractivity contribution in [3.05, 3.63) is 0 Å².